The Morgan fingerprint density at radius 1 is 1.00 bits per heavy atom. The van der Waals surface area contributed by atoms with Gasteiger partial charge in [-0.05, 0) is 29.8 Å². The number of amides is 3. The minimum absolute atomic E-state index is 0.145. The number of rotatable bonds is 2. The second-order valence-corrected chi connectivity index (χ2v) is 7.31. The summed E-state index contributed by atoms with van der Waals surface area (Å²) in [6, 6.07) is 10.6. The van der Waals surface area contributed by atoms with Gasteiger partial charge < -0.3 is 9.47 Å². The summed E-state index contributed by atoms with van der Waals surface area (Å²) in [5.41, 5.74) is 3.94. The minimum atomic E-state index is -0.371. The van der Waals surface area contributed by atoms with E-state index in [4.69, 9.17) is 9.47 Å². The summed E-state index contributed by atoms with van der Waals surface area (Å²) >= 11 is 0. The third-order valence-corrected chi connectivity index (χ3v) is 5.07. The fourth-order valence-corrected chi connectivity index (χ4v) is 3.73. The molecule has 0 radical (unpaired) electrons. The summed E-state index contributed by atoms with van der Waals surface area (Å²) in [5, 5.41) is 5.88. The zero-order valence-corrected chi connectivity index (χ0v) is 17.5. The Morgan fingerprint density at radius 2 is 1.61 bits per heavy atom. The second-order valence-electron chi connectivity index (χ2n) is 7.31. The monoisotopic (exact) mass is 419 g/mol. The van der Waals surface area contributed by atoms with Crippen molar-refractivity contribution in [1.29, 1.82) is 0 Å². The van der Waals surface area contributed by atoms with Crippen molar-refractivity contribution in [3.05, 3.63) is 65.4 Å². The molecule has 2 aromatic rings. The first kappa shape index (κ1) is 20.3. The lowest BCUT2D eigenvalue weighted by molar-refractivity contribution is -0.127. The molecule has 2 heterocycles. The molecule has 8 heteroatoms. The third-order valence-electron chi connectivity index (χ3n) is 5.07. The summed E-state index contributed by atoms with van der Waals surface area (Å²) in [6.07, 6.45) is 0.416. The number of fused-ring (bicyclic) bond motifs is 2. The van der Waals surface area contributed by atoms with Gasteiger partial charge in [-0.1, -0.05) is 18.7 Å². The van der Waals surface area contributed by atoms with Gasteiger partial charge in [0.05, 0.1) is 11.4 Å². The van der Waals surface area contributed by atoms with E-state index in [0.29, 0.717) is 40.6 Å². The predicted molar refractivity (Wildman–Crippen MR) is 114 cm³/mol. The molecular weight excluding hydrogens is 398 g/mol. The summed E-state index contributed by atoms with van der Waals surface area (Å²) in [5.74, 6) is 0.236. The maximum atomic E-state index is 12.2. The normalized spacial score (nSPS) is 14.5. The Morgan fingerprint density at radius 3 is 2.19 bits per heavy atom. The molecule has 8 nitrogen and oxygen atoms in total. The van der Waals surface area contributed by atoms with Crippen molar-refractivity contribution in [3.63, 3.8) is 0 Å². The van der Waals surface area contributed by atoms with E-state index < -0.39 is 0 Å². The van der Waals surface area contributed by atoms with Crippen molar-refractivity contribution in [2.45, 2.75) is 27.2 Å². The molecule has 0 N–H and O–H groups in total. The Hall–Kier alpha value is -3.94. The van der Waals surface area contributed by atoms with Gasteiger partial charge in [-0.15, -0.1) is 0 Å². The quantitative estimate of drug-likeness (QED) is 0.747. The van der Waals surface area contributed by atoms with Crippen LogP contribution in [0, 0.1) is 0 Å². The molecule has 0 unspecified atom stereocenters. The number of benzene rings is 2. The first-order valence-electron chi connectivity index (χ1n) is 9.68. The fourth-order valence-electron chi connectivity index (χ4n) is 3.73. The predicted octanol–water partition coefficient (Wildman–Crippen LogP) is 2.99. The van der Waals surface area contributed by atoms with Crippen LogP contribution in [0.25, 0.3) is 0 Å². The standard InChI is InChI=1S/C23H21N3O5/c1-13-9-18-10-21-22(31-12-30-21)11-20(18)23(24-26(13)16(4)29)17-5-7-19(8-6-17)25(14(2)27)15(3)28/h5-8,10-11H,1,9,12H2,2-4H3. The SMILES string of the molecule is C=C1Cc2cc3c(cc2C(c2ccc(N(C(C)=O)C(C)=O)cc2)=NN1C(C)=O)OCO3. The molecule has 2 aliphatic rings. The minimum Gasteiger partial charge on any atom is -0.454 e. The average molecular weight is 419 g/mol. The van der Waals surface area contributed by atoms with Gasteiger partial charge in [-0.3, -0.25) is 19.3 Å². The van der Waals surface area contributed by atoms with Crippen molar-refractivity contribution in [2.24, 2.45) is 5.10 Å². The van der Waals surface area contributed by atoms with Crippen LogP contribution in [-0.2, 0) is 20.8 Å². The highest BCUT2D eigenvalue weighted by Crippen LogP contribution is 2.38. The van der Waals surface area contributed by atoms with Crippen molar-refractivity contribution in [2.75, 3.05) is 11.7 Å². The van der Waals surface area contributed by atoms with Crippen molar-refractivity contribution in [3.8, 4) is 11.5 Å². The first-order valence-corrected chi connectivity index (χ1v) is 9.68. The molecule has 0 saturated heterocycles. The Labute approximate surface area is 179 Å². The lowest BCUT2D eigenvalue weighted by Crippen LogP contribution is -2.33. The first-order chi connectivity index (χ1) is 14.8. The number of hydrogen-bond acceptors (Lipinski definition) is 6. The molecule has 2 aliphatic heterocycles. The molecule has 0 aromatic heterocycles. The highest BCUT2D eigenvalue weighted by atomic mass is 16.7. The average Bonchev–Trinajstić information content (AvgIpc) is 3.09. The zero-order chi connectivity index (χ0) is 22.3. The lowest BCUT2D eigenvalue weighted by Gasteiger charge is -2.18. The van der Waals surface area contributed by atoms with E-state index in [2.05, 4.69) is 11.7 Å². The molecule has 0 saturated carbocycles. The maximum absolute atomic E-state index is 12.2. The highest BCUT2D eigenvalue weighted by molar-refractivity contribution is 6.16. The topological polar surface area (TPSA) is 88.5 Å². The Balaban J connectivity index is 1.84. The van der Waals surface area contributed by atoms with E-state index in [1.165, 1.54) is 25.8 Å². The van der Waals surface area contributed by atoms with Crippen molar-refractivity contribution >= 4 is 29.1 Å². The summed E-state index contributed by atoms with van der Waals surface area (Å²) in [4.78, 5) is 37.0. The van der Waals surface area contributed by atoms with Gasteiger partial charge in [0, 0.05) is 44.0 Å². The summed E-state index contributed by atoms with van der Waals surface area (Å²) in [7, 11) is 0. The summed E-state index contributed by atoms with van der Waals surface area (Å²) < 4.78 is 11.0. The molecule has 0 aliphatic carbocycles. The number of allylic oxidation sites excluding steroid dienone is 1. The molecule has 158 valence electrons. The number of carbonyl (C=O) groups is 3. The number of nitrogens with zero attached hydrogens (tertiary/aromatic N) is 3. The number of ether oxygens (including phenoxy) is 2. The van der Waals surface area contributed by atoms with E-state index in [-0.39, 0.29) is 24.5 Å². The molecule has 0 spiro atoms. The van der Waals surface area contributed by atoms with Crippen LogP contribution >= 0.6 is 0 Å². The van der Waals surface area contributed by atoms with Crippen LogP contribution in [0.5, 0.6) is 11.5 Å². The summed E-state index contributed by atoms with van der Waals surface area (Å²) in [6.45, 7) is 8.25. The van der Waals surface area contributed by atoms with Gasteiger partial charge >= 0.3 is 0 Å². The largest absolute Gasteiger partial charge is 0.454 e. The molecule has 0 bridgehead atoms. The van der Waals surface area contributed by atoms with Gasteiger partial charge in [-0.2, -0.15) is 5.10 Å². The van der Waals surface area contributed by atoms with Gasteiger partial charge in [0.2, 0.25) is 24.5 Å². The molecule has 0 fully saturated rings. The molecule has 4 rings (SSSR count). The Bertz CT molecular complexity index is 1140. The van der Waals surface area contributed by atoms with Gasteiger partial charge in [-0.25, -0.2) is 5.01 Å². The molecular formula is C23H21N3O5. The van der Waals surface area contributed by atoms with Crippen LogP contribution < -0.4 is 14.4 Å². The van der Waals surface area contributed by atoms with Gasteiger partial charge in [0.1, 0.15) is 0 Å². The van der Waals surface area contributed by atoms with Crippen molar-refractivity contribution in [1.82, 2.24) is 5.01 Å². The lowest BCUT2D eigenvalue weighted by atomic mass is 9.95. The van der Waals surface area contributed by atoms with Crippen LogP contribution in [0.15, 0.2) is 53.8 Å². The van der Waals surface area contributed by atoms with E-state index in [0.717, 1.165) is 16.0 Å². The van der Waals surface area contributed by atoms with Crippen molar-refractivity contribution < 1.29 is 23.9 Å². The third kappa shape index (κ3) is 3.68. The van der Waals surface area contributed by atoms with Gasteiger partial charge in [0.25, 0.3) is 0 Å². The van der Waals surface area contributed by atoms with E-state index in [1.807, 2.05) is 12.1 Å². The Kier molecular flexibility index (Phi) is 5.06. The van der Waals surface area contributed by atoms with Crippen LogP contribution in [-0.4, -0.2) is 35.2 Å². The molecule has 3 amide bonds. The number of hydrogen-bond donors (Lipinski definition) is 0. The highest BCUT2D eigenvalue weighted by Gasteiger charge is 2.27. The van der Waals surface area contributed by atoms with E-state index in [1.54, 1.807) is 24.3 Å². The van der Waals surface area contributed by atoms with Crippen LogP contribution in [0.3, 0.4) is 0 Å². The smallest absolute Gasteiger partial charge is 0.243 e. The van der Waals surface area contributed by atoms with E-state index in [9.17, 15) is 14.4 Å². The number of hydrazone groups is 1. The number of anilines is 1. The van der Waals surface area contributed by atoms with Gasteiger partial charge in [0.15, 0.2) is 11.5 Å². The van der Waals surface area contributed by atoms with Crippen LogP contribution in [0.1, 0.15) is 37.5 Å². The zero-order valence-electron chi connectivity index (χ0n) is 17.5. The second kappa shape index (κ2) is 7.71. The van der Waals surface area contributed by atoms with Crippen LogP contribution in [0.4, 0.5) is 5.69 Å². The molecule has 2 aromatic carbocycles. The number of imide groups is 1. The molecule has 0 atom stereocenters. The maximum Gasteiger partial charge on any atom is 0.243 e. The van der Waals surface area contributed by atoms with Crippen LogP contribution in [0.2, 0.25) is 0 Å². The molecule has 31 heavy (non-hydrogen) atoms. The fraction of sp³-hybridized carbons (Fsp3) is 0.217. The number of carbonyl (C=O) groups excluding carboxylic acids is 3. The van der Waals surface area contributed by atoms with E-state index >= 15 is 0 Å².